The van der Waals surface area contributed by atoms with E-state index in [-0.39, 0.29) is 5.69 Å². The molecule has 1 N–H and O–H groups in total. The van der Waals surface area contributed by atoms with Crippen LogP contribution in [-0.2, 0) is 0 Å². The average molecular weight is 176 g/mol. The molecular weight excluding hydrogens is 168 g/mol. The summed E-state index contributed by atoms with van der Waals surface area (Å²) in [5, 5.41) is 0. The molecule has 0 atom stereocenters. The molecule has 4 nitrogen and oxygen atoms in total. The molecule has 2 heterocycles. The third-order valence-corrected chi connectivity index (χ3v) is 1.81. The number of aromatic amines is 1. The minimum absolute atomic E-state index is 0.346. The van der Waals surface area contributed by atoms with Crippen molar-refractivity contribution in [3.63, 3.8) is 0 Å². The van der Waals surface area contributed by atoms with E-state index in [1.807, 2.05) is 6.92 Å². The van der Waals surface area contributed by atoms with Gasteiger partial charge in [-0.3, -0.25) is 0 Å². The van der Waals surface area contributed by atoms with Crippen LogP contribution < -0.4 is 5.69 Å². The SMILES string of the molecule is Cc1cnc(=O)[nH]c1-c1ccoc1. The van der Waals surface area contributed by atoms with Crippen molar-refractivity contribution in [1.29, 1.82) is 0 Å². The number of hydrogen-bond acceptors (Lipinski definition) is 3. The molecule has 0 radical (unpaired) electrons. The summed E-state index contributed by atoms with van der Waals surface area (Å²) < 4.78 is 4.92. The summed E-state index contributed by atoms with van der Waals surface area (Å²) in [6.07, 6.45) is 4.69. The van der Waals surface area contributed by atoms with Gasteiger partial charge in [-0.2, -0.15) is 0 Å². The van der Waals surface area contributed by atoms with Gasteiger partial charge in [0.2, 0.25) is 0 Å². The molecule has 0 aliphatic carbocycles. The first kappa shape index (κ1) is 7.79. The molecular formula is C9H8N2O2. The molecule has 13 heavy (non-hydrogen) atoms. The van der Waals surface area contributed by atoms with Gasteiger partial charge in [0, 0.05) is 11.8 Å². The number of hydrogen-bond donors (Lipinski definition) is 1. The third kappa shape index (κ3) is 1.38. The molecule has 0 saturated carbocycles. The highest BCUT2D eigenvalue weighted by atomic mass is 16.3. The van der Waals surface area contributed by atoms with Gasteiger partial charge in [0.05, 0.1) is 18.2 Å². The second-order valence-corrected chi connectivity index (χ2v) is 2.76. The summed E-state index contributed by atoms with van der Waals surface area (Å²) in [6, 6.07) is 1.79. The zero-order chi connectivity index (χ0) is 9.26. The number of H-pyrrole nitrogens is 1. The third-order valence-electron chi connectivity index (χ3n) is 1.81. The fourth-order valence-electron chi connectivity index (χ4n) is 1.16. The van der Waals surface area contributed by atoms with Crippen LogP contribution in [0.4, 0.5) is 0 Å². The summed E-state index contributed by atoms with van der Waals surface area (Å²) >= 11 is 0. The van der Waals surface area contributed by atoms with E-state index in [1.54, 1.807) is 24.8 Å². The van der Waals surface area contributed by atoms with Gasteiger partial charge < -0.3 is 9.40 Å². The van der Waals surface area contributed by atoms with Gasteiger partial charge in [0.1, 0.15) is 0 Å². The molecule has 66 valence electrons. The average Bonchev–Trinajstić information content (AvgIpc) is 2.61. The van der Waals surface area contributed by atoms with Crippen molar-refractivity contribution < 1.29 is 4.42 Å². The quantitative estimate of drug-likeness (QED) is 0.713. The van der Waals surface area contributed by atoms with E-state index >= 15 is 0 Å². The predicted octanol–water partition coefficient (Wildman–Crippen LogP) is 1.34. The minimum atomic E-state index is -0.346. The predicted molar refractivity (Wildman–Crippen MR) is 47.3 cm³/mol. The van der Waals surface area contributed by atoms with Crippen LogP contribution in [0.5, 0.6) is 0 Å². The monoisotopic (exact) mass is 176 g/mol. The standard InChI is InChI=1S/C9H8N2O2/c1-6-4-10-9(12)11-8(6)7-2-3-13-5-7/h2-5H,1H3,(H,10,11,12). The van der Waals surface area contributed by atoms with Crippen LogP contribution in [0.1, 0.15) is 5.56 Å². The van der Waals surface area contributed by atoms with E-state index in [4.69, 9.17) is 4.42 Å². The molecule has 0 saturated heterocycles. The van der Waals surface area contributed by atoms with Crippen LogP contribution in [0.15, 0.2) is 34.0 Å². The van der Waals surface area contributed by atoms with Crippen LogP contribution in [0, 0.1) is 6.92 Å². The van der Waals surface area contributed by atoms with Gasteiger partial charge in [0.15, 0.2) is 0 Å². The molecule has 0 aliphatic heterocycles. The number of nitrogens with one attached hydrogen (secondary N) is 1. The highest BCUT2D eigenvalue weighted by molar-refractivity contribution is 5.60. The number of furan rings is 1. The zero-order valence-electron chi connectivity index (χ0n) is 7.07. The van der Waals surface area contributed by atoms with E-state index in [0.29, 0.717) is 0 Å². The van der Waals surface area contributed by atoms with Gasteiger partial charge in [-0.15, -0.1) is 0 Å². The van der Waals surface area contributed by atoms with Crippen LogP contribution in [-0.4, -0.2) is 9.97 Å². The normalized spacial score (nSPS) is 10.2. The fraction of sp³-hybridized carbons (Fsp3) is 0.111. The molecule has 2 aromatic heterocycles. The molecule has 0 fully saturated rings. The zero-order valence-corrected chi connectivity index (χ0v) is 7.07. The van der Waals surface area contributed by atoms with Gasteiger partial charge >= 0.3 is 5.69 Å². The van der Waals surface area contributed by atoms with E-state index in [0.717, 1.165) is 16.8 Å². The van der Waals surface area contributed by atoms with Crippen LogP contribution in [0.25, 0.3) is 11.3 Å². The first-order chi connectivity index (χ1) is 6.27. The molecule has 0 aromatic carbocycles. The lowest BCUT2D eigenvalue weighted by atomic mass is 10.1. The van der Waals surface area contributed by atoms with Crippen molar-refractivity contribution >= 4 is 0 Å². The van der Waals surface area contributed by atoms with Crippen molar-refractivity contribution in [3.05, 3.63) is 40.8 Å². The largest absolute Gasteiger partial charge is 0.472 e. The van der Waals surface area contributed by atoms with Crippen molar-refractivity contribution in [2.24, 2.45) is 0 Å². The molecule has 2 rings (SSSR count). The van der Waals surface area contributed by atoms with E-state index in [9.17, 15) is 4.79 Å². The van der Waals surface area contributed by atoms with Crippen LogP contribution in [0.2, 0.25) is 0 Å². The Morgan fingerprint density at radius 2 is 2.38 bits per heavy atom. The molecule has 0 amide bonds. The molecule has 2 aromatic rings. The first-order valence-electron chi connectivity index (χ1n) is 3.86. The van der Waals surface area contributed by atoms with Crippen LogP contribution >= 0.6 is 0 Å². The number of aryl methyl sites for hydroxylation is 1. The Hall–Kier alpha value is -1.84. The first-order valence-corrected chi connectivity index (χ1v) is 3.86. The Balaban J connectivity index is 2.64. The van der Waals surface area contributed by atoms with Gasteiger partial charge in [-0.25, -0.2) is 9.78 Å². The minimum Gasteiger partial charge on any atom is -0.472 e. The van der Waals surface area contributed by atoms with Gasteiger partial charge in [-0.05, 0) is 18.6 Å². The van der Waals surface area contributed by atoms with Gasteiger partial charge in [-0.1, -0.05) is 0 Å². The lowest BCUT2D eigenvalue weighted by Gasteiger charge is -1.99. The topological polar surface area (TPSA) is 58.9 Å². The van der Waals surface area contributed by atoms with Crippen molar-refractivity contribution in [2.75, 3.05) is 0 Å². The number of nitrogens with zero attached hydrogens (tertiary/aromatic N) is 1. The summed E-state index contributed by atoms with van der Waals surface area (Å²) in [5.41, 5.74) is 2.19. The van der Waals surface area contributed by atoms with Gasteiger partial charge in [0.25, 0.3) is 0 Å². The Kier molecular flexibility index (Phi) is 1.73. The Labute approximate surface area is 74.2 Å². The molecule has 0 bridgehead atoms. The Morgan fingerprint density at radius 1 is 1.54 bits per heavy atom. The van der Waals surface area contributed by atoms with Crippen molar-refractivity contribution in [1.82, 2.24) is 9.97 Å². The summed E-state index contributed by atoms with van der Waals surface area (Å²) in [7, 11) is 0. The summed E-state index contributed by atoms with van der Waals surface area (Å²) in [5.74, 6) is 0. The lowest BCUT2D eigenvalue weighted by molar-refractivity contribution is 0.568. The highest BCUT2D eigenvalue weighted by Gasteiger charge is 2.03. The van der Waals surface area contributed by atoms with E-state index < -0.39 is 0 Å². The molecule has 4 heteroatoms. The number of aromatic nitrogens is 2. The maximum Gasteiger partial charge on any atom is 0.345 e. The molecule has 0 aliphatic rings. The van der Waals surface area contributed by atoms with E-state index in [2.05, 4.69) is 9.97 Å². The van der Waals surface area contributed by atoms with Crippen molar-refractivity contribution in [2.45, 2.75) is 6.92 Å². The lowest BCUT2D eigenvalue weighted by Crippen LogP contribution is -2.10. The van der Waals surface area contributed by atoms with E-state index in [1.165, 1.54) is 0 Å². The Morgan fingerprint density at radius 3 is 3.08 bits per heavy atom. The second kappa shape index (κ2) is 2.90. The molecule has 0 spiro atoms. The highest BCUT2D eigenvalue weighted by Crippen LogP contribution is 2.18. The summed E-state index contributed by atoms with van der Waals surface area (Å²) in [6.45, 7) is 1.88. The number of rotatable bonds is 1. The smallest absolute Gasteiger partial charge is 0.345 e. The van der Waals surface area contributed by atoms with Crippen LogP contribution in [0.3, 0.4) is 0 Å². The molecule has 0 unspecified atom stereocenters. The summed E-state index contributed by atoms with van der Waals surface area (Å²) in [4.78, 5) is 17.2. The van der Waals surface area contributed by atoms with Crippen molar-refractivity contribution in [3.8, 4) is 11.3 Å². The Bertz CT molecular complexity index is 457. The maximum absolute atomic E-state index is 10.9. The maximum atomic E-state index is 10.9. The fourth-order valence-corrected chi connectivity index (χ4v) is 1.16. The second-order valence-electron chi connectivity index (χ2n) is 2.76.